The maximum absolute atomic E-state index is 12.5. The monoisotopic (exact) mass is 244 g/mol. The maximum Gasteiger partial charge on any atom is 0.257 e. The number of nitrogens with zero attached hydrogens (tertiary/aromatic N) is 3. The van der Waals surface area contributed by atoms with Crippen LogP contribution >= 0.6 is 0 Å². The number of carbonyl (C=O) groups is 1. The zero-order valence-electron chi connectivity index (χ0n) is 10.1. The van der Waals surface area contributed by atoms with E-state index in [1.807, 2.05) is 33.8 Å². The fourth-order valence-corrected chi connectivity index (χ4v) is 2.39. The molecule has 94 valence electrons. The number of nitrogens with two attached hydrogens (primary N) is 1. The maximum atomic E-state index is 12.5. The van der Waals surface area contributed by atoms with Crippen molar-refractivity contribution < 1.29 is 4.79 Å². The second kappa shape index (κ2) is 4.42. The van der Waals surface area contributed by atoms with E-state index in [4.69, 9.17) is 5.73 Å². The van der Waals surface area contributed by atoms with Gasteiger partial charge in [0.15, 0.2) is 0 Å². The lowest BCUT2D eigenvalue weighted by atomic mass is 10.1. The zero-order valence-corrected chi connectivity index (χ0v) is 10.1. The highest BCUT2D eigenvalue weighted by Gasteiger charge is 2.23. The van der Waals surface area contributed by atoms with Gasteiger partial charge in [0.2, 0.25) is 0 Å². The van der Waals surface area contributed by atoms with E-state index in [0.29, 0.717) is 5.56 Å². The third-order valence-corrected chi connectivity index (χ3v) is 3.48. The summed E-state index contributed by atoms with van der Waals surface area (Å²) in [5, 5.41) is 0. The van der Waals surface area contributed by atoms with Crippen molar-refractivity contribution in [2.45, 2.75) is 18.9 Å². The van der Waals surface area contributed by atoms with E-state index in [2.05, 4.69) is 4.98 Å². The molecule has 1 saturated heterocycles. The van der Waals surface area contributed by atoms with Crippen LogP contribution in [0.25, 0.3) is 5.65 Å². The molecule has 1 aliphatic rings. The first-order chi connectivity index (χ1) is 8.75. The highest BCUT2D eigenvalue weighted by atomic mass is 16.2. The van der Waals surface area contributed by atoms with Crippen LogP contribution in [0.2, 0.25) is 0 Å². The van der Waals surface area contributed by atoms with Crippen LogP contribution in [-0.2, 0) is 0 Å². The fraction of sp³-hybridized carbons (Fsp3) is 0.385. The molecule has 3 heterocycles. The molecule has 2 aromatic rings. The lowest BCUT2D eigenvalue weighted by Gasteiger charge is -2.30. The third kappa shape index (κ3) is 1.86. The van der Waals surface area contributed by atoms with Crippen molar-refractivity contribution in [3.8, 4) is 0 Å². The molecule has 0 spiro atoms. The minimum atomic E-state index is 0.0544. The average Bonchev–Trinajstić information content (AvgIpc) is 2.87. The summed E-state index contributed by atoms with van der Waals surface area (Å²) >= 11 is 0. The van der Waals surface area contributed by atoms with Crippen LogP contribution in [-0.4, -0.2) is 39.3 Å². The molecule has 5 nitrogen and oxygen atoms in total. The van der Waals surface area contributed by atoms with Crippen molar-refractivity contribution in [2.24, 2.45) is 5.73 Å². The molecule has 18 heavy (non-hydrogen) atoms. The SMILES string of the molecule is NC1CCN(C(=O)c2cccn3ccnc23)CC1. The van der Waals surface area contributed by atoms with Gasteiger partial charge in [0.25, 0.3) is 5.91 Å². The van der Waals surface area contributed by atoms with Crippen molar-refractivity contribution in [2.75, 3.05) is 13.1 Å². The molecule has 0 aromatic carbocycles. The van der Waals surface area contributed by atoms with Crippen LogP contribution in [0.5, 0.6) is 0 Å². The van der Waals surface area contributed by atoms with Crippen molar-refractivity contribution >= 4 is 11.6 Å². The highest BCUT2D eigenvalue weighted by molar-refractivity contribution is 5.99. The highest BCUT2D eigenvalue weighted by Crippen LogP contribution is 2.15. The normalized spacial score (nSPS) is 17.3. The molecule has 3 rings (SSSR count). The van der Waals surface area contributed by atoms with E-state index < -0.39 is 0 Å². The summed E-state index contributed by atoms with van der Waals surface area (Å²) < 4.78 is 1.86. The van der Waals surface area contributed by atoms with Gasteiger partial charge in [-0.1, -0.05) is 0 Å². The Morgan fingerprint density at radius 3 is 2.89 bits per heavy atom. The van der Waals surface area contributed by atoms with E-state index in [1.54, 1.807) is 6.20 Å². The molecule has 2 N–H and O–H groups in total. The van der Waals surface area contributed by atoms with Crippen molar-refractivity contribution in [1.82, 2.24) is 14.3 Å². The minimum absolute atomic E-state index is 0.0544. The van der Waals surface area contributed by atoms with E-state index in [0.717, 1.165) is 31.6 Å². The van der Waals surface area contributed by atoms with E-state index in [9.17, 15) is 4.79 Å². The van der Waals surface area contributed by atoms with Gasteiger partial charge < -0.3 is 15.0 Å². The summed E-state index contributed by atoms with van der Waals surface area (Å²) in [7, 11) is 0. The number of pyridine rings is 1. The van der Waals surface area contributed by atoms with Gasteiger partial charge in [-0.2, -0.15) is 0 Å². The van der Waals surface area contributed by atoms with E-state index in [-0.39, 0.29) is 11.9 Å². The Kier molecular flexibility index (Phi) is 2.76. The summed E-state index contributed by atoms with van der Waals surface area (Å²) in [5.74, 6) is 0.0544. The van der Waals surface area contributed by atoms with Crippen molar-refractivity contribution in [1.29, 1.82) is 0 Å². The summed E-state index contributed by atoms with van der Waals surface area (Å²) in [6.45, 7) is 1.48. The van der Waals surface area contributed by atoms with Crippen LogP contribution in [0.1, 0.15) is 23.2 Å². The first-order valence-corrected chi connectivity index (χ1v) is 6.22. The summed E-state index contributed by atoms with van der Waals surface area (Å²) in [5.41, 5.74) is 7.24. The summed E-state index contributed by atoms with van der Waals surface area (Å²) in [6.07, 6.45) is 7.20. The number of amides is 1. The Bertz CT molecular complexity index is 569. The third-order valence-electron chi connectivity index (χ3n) is 3.48. The Morgan fingerprint density at radius 2 is 2.11 bits per heavy atom. The van der Waals surface area contributed by atoms with Crippen LogP contribution in [0.4, 0.5) is 0 Å². The number of rotatable bonds is 1. The number of likely N-dealkylation sites (tertiary alicyclic amines) is 1. The standard InChI is InChI=1S/C13H16N4O/c14-10-3-7-17(8-4-10)13(18)11-2-1-6-16-9-5-15-12(11)16/h1-2,5-6,9-10H,3-4,7-8,14H2. The summed E-state index contributed by atoms with van der Waals surface area (Å²) in [6, 6.07) is 3.94. The molecule has 0 saturated carbocycles. The number of hydrogen-bond acceptors (Lipinski definition) is 3. The molecule has 0 atom stereocenters. The van der Waals surface area contributed by atoms with Crippen molar-refractivity contribution in [3.63, 3.8) is 0 Å². The number of carbonyl (C=O) groups excluding carboxylic acids is 1. The number of imidazole rings is 1. The van der Waals surface area contributed by atoms with Gasteiger partial charge in [-0.05, 0) is 25.0 Å². The van der Waals surface area contributed by atoms with Gasteiger partial charge in [-0.3, -0.25) is 4.79 Å². The van der Waals surface area contributed by atoms with Crippen LogP contribution < -0.4 is 5.73 Å². The lowest BCUT2D eigenvalue weighted by Crippen LogP contribution is -2.43. The molecule has 0 radical (unpaired) electrons. The number of aromatic nitrogens is 2. The Morgan fingerprint density at radius 1 is 1.33 bits per heavy atom. The molecular formula is C13H16N4O. The van der Waals surface area contributed by atoms with Crippen LogP contribution in [0, 0.1) is 0 Å². The second-order valence-corrected chi connectivity index (χ2v) is 4.71. The number of piperidine rings is 1. The van der Waals surface area contributed by atoms with Crippen LogP contribution in [0.15, 0.2) is 30.7 Å². The molecule has 5 heteroatoms. The molecule has 0 unspecified atom stereocenters. The fourth-order valence-electron chi connectivity index (χ4n) is 2.39. The molecule has 1 aliphatic heterocycles. The van der Waals surface area contributed by atoms with E-state index >= 15 is 0 Å². The Hall–Kier alpha value is -1.88. The smallest absolute Gasteiger partial charge is 0.257 e. The predicted octanol–water partition coefficient (Wildman–Crippen LogP) is 0.898. The lowest BCUT2D eigenvalue weighted by molar-refractivity contribution is 0.0716. The average molecular weight is 244 g/mol. The zero-order chi connectivity index (χ0) is 12.5. The van der Waals surface area contributed by atoms with Gasteiger partial charge in [0, 0.05) is 37.7 Å². The van der Waals surface area contributed by atoms with Gasteiger partial charge in [-0.15, -0.1) is 0 Å². The first kappa shape index (κ1) is 11.2. The Labute approximate surface area is 105 Å². The van der Waals surface area contributed by atoms with Crippen LogP contribution in [0.3, 0.4) is 0 Å². The predicted molar refractivity (Wildman–Crippen MR) is 68.3 cm³/mol. The molecule has 0 aliphatic carbocycles. The molecular weight excluding hydrogens is 228 g/mol. The summed E-state index contributed by atoms with van der Waals surface area (Å²) in [4.78, 5) is 18.6. The van der Waals surface area contributed by atoms with Gasteiger partial charge >= 0.3 is 0 Å². The largest absolute Gasteiger partial charge is 0.338 e. The van der Waals surface area contributed by atoms with Crippen molar-refractivity contribution in [3.05, 3.63) is 36.3 Å². The van der Waals surface area contributed by atoms with Gasteiger partial charge in [0.1, 0.15) is 5.65 Å². The molecule has 1 fully saturated rings. The molecule has 1 amide bonds. The second-order valence-electron chi connectivity index (χ2n) is 4.71. The van der Waals surface area contributed by atoms with E-state index in [1.165, 1.54) is 0 Å². The molecule has 2 aromatic heterocycles. The molecule has 0 bridgehead atoms. The van der Waals surface area contributed by atoms with Gasteiger partial charge in [-0.25, -0.2) is 4.98 Å². The topological polar surface area (TPSA) is 63.6 Å². The number of fused-ring (bicyclic) bond motifs is 1. The Balaban J connectivity index is 1.90. The van der Waals surface area contributed by atoms with Gasteiger partial charge in [0.05, 0.1) is 5.56 Å². The number of hydrogen-bond donors (Lipinski definition) is 1. The minimum Gasteiger partial charge on any atom is -0.338 e. The quantitative estimate of drug-likeness (QED) is 0.810. The first-order valence-electron chi connectivity index (χ1n) is 6.22.